The minimum atomic E-state index is -1.83. The van der Waals surface area contributed by atoms with Crippen LogP contribution in [0.5, 0.6) is 0 Å². The highest BCUT2D eigenvalue weighted by atomic mass is 28.4. The summed E-state index contributed by atoms with van der Waals surface area (Å²) in [4.78, 5) is 11.4. The third kappa shape index (κ3) is 4.58. The van der Waals surface area contributed by atoms with Crippen molar-refractivity contribution in [3.05, 3.63) is 0 Å². The molecule has 1 rings (SSSR count). The summed E-state index contributed by atoms with van der Waals surface area (Å²) in [6, 6.07) is 0. The van der Waals surface area contributed by atoms with Crippen molar-refractivity contribution in [2.75, 3.05) is 13.7 Å². The molecule has 1 aliphatic heterocycles. The molecule has 0 aromatic carbocycles. The van der Waals surface area contributed by atoms with E-state index >= 15 is 0 Å². The lowest BCUT2D eigenvalue weighted by molar-refractivity contribution is -0.148. The highest BCUT2D eigenvalue weighted by molar-refractivity contribution is 6.74. The van der Waals surface area contributed by atoms with Crippen molar-refractivity contribution < 1.29 is 18.7 Å². The molecule has 4 nitrogen and oxygen atoms in total. The van der Waals surface area contributed by atoms with Gasteiger partial charge < -0.3 is 13.9 Å². The Morgan fingerprint density at radius 2 is 2.00 bits per heavy atom. The third-order valence-electron chi connectivity index (χ3n) is 4.23. The molecule has 0 aromatic rings. The van der Waals surface area contributed by atoms with Gasteiger partial charge in [-0.15, -0.1) is 0 Å². The van der Waals surface area contributed by atoms with Gasteiger partial charge in [0, 0.05) is 6.61 Å². The largest absolute Gasteiger partial charge is 0.469 e. The molecule has 0 bridgehead atoms. The molecule has 1 heterocycles. The van der Waals surface area contributed by atoms with Gasteiger partial charge in [0.15, 0.2) is 8.32 Å². The number of methoxy groups -OCH3 is 1. The number of ether oxygens (including phenoxy) is 2. The van der Waals surface area contributed by atoms with E-state index in [1.807, 2.05) is 0 Å². The smallest absolute Gasteiger partial charge is 0.308 e. The summed E-state index contributed by atoms with van der Waals surface area (Å²) < 4.78 is 16.9. The molecule has 0 radical (unpaired) electrons. The zero-order chi connectivity index (χ0) is 14.7. The minimum Gasteiger partial charge on any atom is -0.469 e. The van der Waals surface area contributed by atoms with Crippen LogP contribution in [-0.2, 0) is 18.7 Å². The predicted molar refractivity (Wildman–Crippen MR) is 77.7 cm³/mol. The van der Waals surface area contributed by atoms with Crippen LogP contribution in [0, 0.1) is 0 Å². The van der Waals surface area contributed by atoms with Gasteiger partial charge in [-0.3, -0.25) is 4.79 Å². The molecule has 1 aliphatic rings. The van der Waals surface area contributed by atoms with Crippen molar-refractivity contribution >= 4 is 14.3 Å². The van der Waals surface area contributed by atoms with Gasteiger partial charge in [-0.25, -0.2) is 0 Å². The Balaban J connectivity index is 2.70. The predicted octanol–water partition coefficient (Wildman–Crippen LogP) is 3.12. The SMILES string of the molecule is COC(=O)C[C@@H]1OCCC[C@H]1O[Si](C)(C)C(C)(C)C. The first-order valence-corrected chi connectivity index (χ1v) is 9.94. The second-order valence-electron chi connectivity index (χ2n) is 6.75. The minimum absolute atomic E-state index is 0.0220. The molecule has 0 aromatic heterocycles. The molecule has 0 spiro atoms. The van der Waals surface area contributed by atoms with Gasteiger partial charge in [0.1, 0.15) is 0 Å². The van der Waals surface area contributed by atoms with Gasteiger partial charge in [-0.2, -0.15) is 0 Å². The van der Waals surface area contributed by atoms with Crippen LogP contribution in [0.1, 0.15) is 40.0 Å². The fourth-order valence-corrected chi connectivity index (χ4v) is 3.32. The van der Waals surface area contributed by atoms with E-state index in [4.69, 9.17) is 13.9 Å². The molecule has 5 heteroatoms. The molecule has 2 atom stereocenters. The van der Waals surface area contributed by atoms with Crippen molar-refractivity contribution in [3.63, 3.8) is 0 Å². The maximum absolute atomic E-state index is 11.4. The van der Waals surface area contributed by atoms with Crippen LogP contribution < -0.4 is 0 Å². The molecule has 0 unspecified atom stereocenters. The van der Waals surface area contributed by atoms with Crippen molar-refractivity contribution in [2.45, 2.75) is 70.4 Å². The van der Waals surface area contributed by atoms with E-state index in [0.717, 1.165) is 12.8 Å². The Hall–Kier alpha value is -0.393. The number of carbonyl (C=O) groups excluding carboxylic acids is 1. The molecule has 0 saturated carbocycles. The van der Waals surface area contributed by atoms with Crippen LogP contribution in [0.25, 0.3) is 0 Å². The van der Waals surface area contributed by atoms with Crippen LogP contribution in [-0.4, -0.2) is 40.2 Å². The van der Waals surface area contributed by atoms with E-state index in [-0.39, 0.29) is 29.6 Å². The maximum atomic E-state index is 11.4. The summed E-state index contributed by atoms with van der Waals surface area (Å²) in [5, 5.41) is 0.167. The Morgan fingerprint density at radius 3 is 2.53 bits per heavy atom. The summed E-state index contributed by atoms with van der Waals surface area (Å²) in [6.07, 6.45) is 2.12. The molecule has 112 valence electrons. The first kappa shape index (κ1) is 16.7. The highest BCUT2D eigenvalue weighted by Gasteiger charge is 2.42. The van der Waals surface area contributed by atoms with Crippen molar-refractivity contribution in [2.24, 2.45) is 0 Å². The zero-order valence-corrected chi connectivity index (χ0v) is 14.1. The topological polar surface area (TPSA) is 44.8 Å². The summed E-state index contributed by atoms with van der Waals surface area (Å²) in [6.45, 7) is 11.8. The number of hydrogen-bond donors (Lipinski definition) is 0. The lowest BCUT2D eigenvalue weighted by atomic mass is 10.0. The first-order valence-electron chi connectivity index (χ1n) is 7.03. The van der Waals surface area contributed by atoms with Gasteiger partial charge in [-0.1, -0.05) is 20.8 Å². The maximum Gasteiger partial charge on any atom is 0.308 e. The Labute approximate surface area is 117 Å². The van der Waals surface area contributed by atoms with E-state index in [1.165, 1.54) is 7.11 Å². The van der Waals surface area contributed by atoms with E-state index in [1.54, 1.807) is 0 Å². The van der Waals surface area contributed by atoms with Gasteiger partial charge in [0.2, 0.25) is 0 Å². The van der Waals surface area contributed by atoms with E-state index in [0.29, 0.717) is 6.61 Å². The van der Waals surface area contributed by atoms with Crippen LogP contribution in [0.4, 0.5) is 0 Å². The molecule has 1 fully saturated rings. The average molecular weight is 288 g/mol. The lowest BCUT2D eigenvalue weighted by Gasteiger charge is -2.42. The van der Waals surface area contributed by atoms with Gasteiger partial charge >= 0.3 is 5.97 Å². The lowest BCUT2D eigenvalue weighted by Crippen LogP contribution is -2.49. The molecule has 0 amide bonds. The fourth-order valence-electron chi connectivity index (χ4n) is 1.94. The normalized spacial score (nSPS) is 25.2. The number of rotatable bonds is 4. The van der Waals surface area contributed by atoms with Crippen LogP contribution in [0.15, 0.2) is 0 Å². The second-order valence-corrected chi connectivity index (χ2v) is 11.5. The Bertz CT molecular complexity index is 309. The first-order chi connectivity index (χ1) is 8.67. The number of hydrogen-bond acceptors (Lipinski definition) is 4. The standard InChI is InChI=1S/C14H28O4Si/c1-14(2,3)19(5,6)18-11-8-7-9-17-12(11)10-13(15)16-4/h11-12H,7-10H2,1-6H3/t11-,12+/m1/s1. The molecule has 19 heavy (non-hydrogen) atoms. The fraction of sp³-hybridized carbons (Fsp3) is 0.929. The number of carbonyl (C=O) groups is 1. The molecule has 0 aliphatic carbocycles. The monoisotopic (exact) mass is 288 g/mol. The van der Waals surface area contributed by atoms with Crippen molar-refractivity contribution in [1.82, 2.24) is 0 Å². The van der Waals surface area contributed by atoms with E-state index in [9.17, 15) is 4.79 Å². The highest BCUT2D eigenvalue weighted by Crippen LogP contribution is 2.39. The van der Waals surface area contributed by atoms with Gasteiger partial charge in [0.25, 0.3) is 0 Å². The second kappa shape index (κ2) is 6.37. The summed E-state index contributed by atoms with van der Waals surface area (Å²) in [5.41, 5.74) is 0. The quantitative estimate of drug-likeness (QED) is 0.589. The third-order valence-corrected chi connectivity index (χ3v) is 8.73. The van der Waals surface area contributed by atoms with Gasteiger partial charge in [0.05, 0.1) is 25.7 Å². The van der Waals surface area contributed by atoms with E-state index < -0.39 is 8.32 Å². The van der Waals surface area contributed by atoms with Crippen LogP contribution in [0.2, 0.25) is 18.1 Å². The van der Waals surface area contributed by atoms with Gasteiger partial charge in [-0.05, 0) is 31.0 Å². The molecule has 1 saturated heterocycles. The molecule has 0 N–H and O–H groups in total. The Kier molecular flexibility index (Phi) is 5.59. The average Bonchev–Trinajstić information content (AvgIpc) is 2.29. The summed E-state index contributed by atoms with van der Waals surface area (Å²) in [7, 11) is -0.416. The van der Waals surface area contributed by atoms with Crippen molar-refractivity contribution in [3.8, 4) is 0 Å². The number of esters is 1. The van der Waals surface area contributed by atoms with E-state index in [2.05, 4.69) is 33.9 Å². The molecular formula is C14H28O4Si. The molecular weight excluding hydrogens is 260 g/mol. The van der Waals surface area contributed by atoms with Crippen molar-refractivity contribution in [1.29, 1.82) is 0 Å². The summed E-state index contributed by atoms with van der Waals surface area (Å²) in [5.74, 6) is -0.226. The zero-order valence-electron chi connectivity index (χ0n) is 13.1. The summed E-state index contributed by atoms with van der Waals surface area (Å²) >= 11 is 0. The Morgan fingerprint density at radius 1 is 1.37 bits per heavy atom. The van der Waals surface area contributed by atoms with Crippen LogP contribution >= 0.6 is 0 Å². The van der Waals surface area contributed by atoms with Crippen LogP contribution in [0.3, 0.4) is 0 Å².